The van der Waals surface area contributed by atoms with E-state index < -0.39 is 5.41 Å². The molecule has 6 nitrogen and oxygen atoms in total. The first-order valence-corrected chi connectivity index (χ1v) is 6.32. The quantitative estimate of drug-likeness (QED) is 0.641. The Morgan fingerprint density at radius 1 is 1.28 bits per heavy atom. The normalized spacial score (nSPS) is 26.5. The highest BCUT2D eigenvalue weighted by Gasteiger charge is 2.41. The molecular formula is C12H20N4O2. The van der Waals surface area contributed by atoms with Gasteiger partial charge in [-0.25, -0.2) is 0 Å². The van der Waals surface area contributed by atoms with Crippen molar-refractivity contribution in [3.8, 4) is 0 Å². The Labute approximate surface area is 107 Å². The van der Waals surface area contributed by atoms with Gasteiger partial charge in [-0.2, -0.15) is 4.99 Å². The first-order valence-electron chi connectivity index (χ1n) is 6.32. The average Bonchev–Trinajstić information content (AvgIpc) is 2.36. The van der Waals surface area contributed by atoms with Gasteiger partial charge in [-0.3, -0.25) is 14.5 Å². The van der Waals surface area contributed by atoms with Gasteiger partial charge in [0.25, 0.3) is 5.91 Å². The standard InChI is InChI=1S/C12H20N4O2/c1-8(16-6-4-13-5-7-16)9-14-10(17)12(2,3)11(18)15-9/h8,13H,4-7H2,1-3H3,(H,14,15,17,18). The van der Waals surface area contributed by atoms with Gasteiger partial charge >= 0.3 is 0 Å². The van der Waals surface area contributed by atoms with Crippen LogP contribution in [0.15, 0.2) is 4.99 Å². The lowest BCUT2D eigenvalue weighted by Gasteiger charge is -2.35. The summed E-state index contributed by atoms with van der Waals surface area (Å²) in [5.74, 6) is -0.144. The molecule has 1 unspecified atom stereocenters. The molecule has 2 heterocycles. The van der Waals surface area contributed by atoms with Crippen LogP contribution in [0.3, 0.4) is 0 Å². The molecule has 0 saturated carbocycles. The van der Waals surface area contributed by atoms with E-state index >= 15 is 0 Å². The lowest BCUT2D eigenvalue weighted by molar-refractivity contribution is -0.139. The number of nitrogens with zero attached hydrogens (tertiary/aromatic N) is 2. The van der Waals surface area contributed by atoms with Crippen LogP contribution < -0.4 is 10.6 Å². The van der Waals surface area contributed by atoms with E-state index in [1.54, 1.807) is 13.8 Å². The Morgan fingerprint density at radius 2 is 1.89 bits per heavy atom. The third-order valence-corrected chi connectivity index (χ3v) is 3.66. The van der Waals surface area contributed by atoms with Crippen LogP contribution in [0.25, 0.3) is 0 Å². The zero-order valence-corrected chi connectivity index (χ0v) is 11.1. The molecule has 0 aromatic rings. The number of hydrogen-bond acceptors (Lipinski definition) is 4. The lowest BCUT2D eigenvalue weighted by atomic mass is 9.89. The van der Waals surface area contributed by atoms with E-state index in [-0.39, 0.29) is 17.9 Å². The summed E-state index contributed by atoms with van der Waals surface area (Å²) in [6.07, 6.45) is 0. The molecule has 18 heavy (non-hydrogen) atoms. The number of piperazine rings is 1. The Kier molecular flexibility index (Phi) is 3.49. The molecule has 2 aliphatic rings. The van der Waals surface area contributed by atoms with Crippen LogP contribution in [-0.2, 0) is 9.59 Å². The average molecular weight is 252 g/mol. The van der Waals surface area contributed by atoms with Crippen LogP contribution in [0, 0.1) is 5.41 Å². The van der Waals surface area contributed by atoms with E-state index in [0.29, 0.717) is 5.84 Å². The van der Waals surface area contributed by atoms with Gasteiger partial charge in [-0.05, 0) is 20.8 Å². The summed E-state index contributed by atoms with van der Waals surface area (Å²) >= 11 is 0. The van der Waals surface area contributed by atoms with Crippen molar-refractivity contribution in [1.29, 1.82) is 0 Å². The van der Waals surface area contributed by atoms with Gasteiger partial charge in [0.1, 0.15) is 11.3 Å². The summed E-state index contributed by atoms with van der Waals surface area (Å²) in [5, 5.41) is 6.03. The fourth-order valence-electron chi connectivity index (χ4n) is 2.09. The molecule has 1 atom stereocenters. The predicted molar refractivity (Wildman–Crippen MR) is 68.3 cm³/mol. The SMILES string of the molecule is CC(C1=NC(=O)C(C)(C)C(=O)N1)N1CCNCC1. The second-order valence-corrected chi connectivity index (χ2v) is 5.34. The van der Waals surface area contributed by atoms with Crippen LogP contribution in [0.1, 0.15) is 20.8 Å². The Hall–Kier alpha value is -1.27. The summed E-state index contributed by atoms with van der Waals surface area (Å²) in [7, 11) is 0. The van der Waals surface area contributed by atoms with Gasteiger partial charge in [0.05, 0.1) is 6.04 Å². The highest BCUT2D eigenvalue weighted by Crippen LogP contribution is 2.21. The van der Waals surface area contributed by atoms with Gasteiger partial charge < -0.3 is 10.6 Å². The topological polar surface area (TPSA) is 73.8 Å². The molecule has 100 valence electrons. The number of nitrogens with one attached hydrogen (secondary N) is 2. The highest BCUT2D eigenvalue weighted by atomic mass is 16.2. The maximum absolute atomic E-state index is 11.9. The van der Waals surface area contributed by atoms with Crippen molar-refractivity contribution in [3.63, 3.8) is 0 Å². The fraction of sp³-hybridized carbons (Fsp3) is 0.750. The number of aliphatic imine (C=N–C) groups is 1. The zero-order valence-electron chi connectivity index (χ0n) is 11.1. The summed E-state index contributed by atoms with van der Waals surface area (Å²) < 4.78 is 0. The molecule has 0 bridgehead atoms. The van der Waals surface area contributed by atoms with Crippen molar-refractivity contribution in [2.75, 3.05) is 26.2 Å². The van der Waals surface area contributed by atoms with Crippen LogP contribution in [0.4, 0.5) is 0 Å². The minimum absolute atomic E-state index is 0.0314. The molecule has 2 rings (SSSR count). The summed E-state index contributed by atoms with van der Waals surface area (Å²) in [4.78, 5) is 30.0. The maximum atomic E-state index is 11.9. The Balaban J connectivity index is 2.14. The molecule has 2 amide bonds. The van der Waals surface area contributed by atoms with E-state index in [1.165, 1.54) is 0 Å². The minimum Gasteiger partial charge on any atom is -0.314 e. The number of hydrogen-bond donors (Lipinski definition) is 2. The maximum Gasteiger partial charge on any atom is 0.262 e. The lowest BCUT2D eigenvalue weighted by Crippen LogP contribution is -2.58. The molecule has 0 aliphatic carbocycles. The van der Waals surface area contributed by atoms with Crippen LogP contribution in [-0.4, -0.2) is 54.8 Å². The third kappa shape index (κ3) is 2.30. The van der Waals surface area contributed by atoms with E-state index in [2.05, 4.69) is 20.5 Å². The van der Waals surface area contributed by atoms with Crippen LogP contribution in [0.5, 0.6) is 0 Å². The number of amidine groups is 1. The molecular weight excluding hydrogens is 232 g/mol. The molecule has 6 heteroatoms. The highest BCUT2D eigenvalue weighted by molar-refractivity contribution is 6.19. The number of carbonyl (C=O) groups excluding carboxylic acids is 2. The van der Waals surface area contributed by atoms with Crippen molar-refractivity contribution < 1.29 is 9.59 Å². The van der Waals surface area contributed by atoms with Gasteiger partial charge in [0, 0.05) is 26.2 Å². The number of amides is 2. The molecule has 0 aromatic heterocycles. The zero-order chi connectivity index (χ0) is 13.3. The minimum atomic E-state index is -1.05. The van der Waals surface area contributed by atoms with Crippen molar-refractivity contribution in [3.05, 3.63) is 0 Å². The van der Waals surface area contributed by atoms with E-state index in [4.69, 9.17) is 0 Å². The third-order valence-electron chi connectivity index (χ3n) is 3.66. The summed E-state index contributed by atoms with van der Waals surface area (Å²) in [6, 6.07) is -0.0314. The largest absolute Gasteiger partial charge is 0.314 e. The Morgan fingerprint density at radius 3 is 2.44 bits per heavy atom. The molecule has 1 fully saturated rings. The number of carbonyl (C=O) groups is 2. The van der Waals surface area contributed by atoms with E-state index in [0.717, 1.165) is 26.2 Å². The second kappa shape index (κ2) is 4.78. The monoisotopic (exact) mass is 252 g/mol. The molecule has 0 aromatic carbocycles. The predicted octanol–water partition coefficient (Wildman–Crippen LogP) is -0.639. The first-order chi connectivity index (χ1) is 8.43. The van der Waals surface area contributed by atoms with Crippen molar-refractivity contribution in [1.82, 2.24) is 15.5 Å². The van der Waals surface area contributed by atoms with Gasteiger partial charge in [-0.1, -0.05) is 0 Å². The molecule has 2 aliphatic heterocycles. The Bertz CT molecular complexity index is 397. The molecule has 1 saturated heterocycles. The van der Waals surface area contributed by atoms with Crippen molar-refractivity contribution >= 4 is 17.6 Å². The first kappa shape index (κ1) is 13.2. The fourth-order valence-corrected chi connectivity index (χ4v) is 2.09. The van der Waals surface area contributed by atoms with Crippen LogP contribution in [0.2, 0.25) is 0 Å². The van der Waals surface area contributed by atoms with Crippen molar-refractivity contribution in [2.45, 2.75) is 26.8 Å². The van der Waals surface area contributed by atoms with Crippen LogP contribution >= 0.6 is 0 Å². The molecule has 2 N–H and O–H groups in total. The molecule has 0 radical (unpaired) electrons. The van der Waals surface area contributed by atoms with E-state index in [9.17, 15) is 9.59 Å². The van der Waals surface area contributed by atoms with E-state index in [1.807, 2.05) is 6.92 Å². The van der Waals surface area contributed by atoms with Gasteiger partial charge in [0.2, 0.25) is 5.91 Å². The number of rotatable bonds is 2. The molecule has 0 spiro atoms. The smallest absolute Gasteiger partial charge is 0.262 e. The van der Waals surface area contributed by atoms with Gasteiger partial charge in [0.15, 0.2) is 0 Å². The summed E-state index contributed by atoms with van der Waals surface area (Å²) in [5.41, 5.74) is -1.05. The second-order valence-electron chi connectivity index (χ2n) is 5.34. The van der Waals surface area contributed by atoms with Crippen molar-refractivity contribution in [2.24, 2.45) is 10.4 Å². The van der Waals surface area contributed by atoms with Gasteiger partial charge in [-0.15, -0.1) is 0 Å². The summed E-state index contributed by atoms with van der Waals surface area (Å²) in [6.45, 7) is 8.80.